The predicted molar refractivity (Wildman–Crippen MR) is 107 cm³/mol. The number of hydrogen-bond donors (Lipinski definition) is 0. The Bertz CT molecular complexity index is 925. The molecule has 140 valence electrons. The van der Waals surface area contributed by atoms with Crippen molar-refractivity contribution in [2.24, 2.45) is 0 Å². The fourth-order valence-corrected chi connectivity index (χ4v) is 4.62. The van der Waals surface area contributed by atoms with Gasteiger partial charge in [0.15, 0.2) is 0 Å². The molecule has 2 aliphatic heterocycles. The van der Waals surface area contributed by atoms with Crippen molar-refractivity contribution in [2.75, 3.05) is 18.6 Å². The van der Waals surface area contributed by atoms with Crippen molar-refractivity contribution in [3.63, 3.8) is 0 Å². The third-order valence-corrected chi connectivity index (χ3v) is 6.02. The number of fused-ring (bicyclic) bond motifs is 1. The van der Waals surface area contributed by atoms with E-state index < -0.39 is 0 Å². The molecule has 0 radical (unpaired) electrons. The van der Waals surface area contributed by atoms with Gasteiger partial charge in [0.05, 0.1) is 12.7 Å². The minimum atomic E-state index is -0.224. The minimum Gasteiger partial charge on any atom is -0.374 e. The van der Waals surface area contributed by atoms with Crippen molar-refractivity contribution < 1.29 is 13.9 Å². The number of amides is 1. The van der Waals surface area contributed by atoms with Gasteiger partial charge in [0.25, 0.3) is 0 Å². The SMILES string of the molecule is C[C@H]1C=C(c2cc(F)cc(Sc3ccc4c(c3)CCC(=O)N4C)c2)CCO1. The molecular formula is C22H22FNO2S. The summed E-state index contributed by atoms with van der Waals surface area (Å²) < 4.78 is 19.8. The molecular weight excluding hydrogens is 361 g/mol. The lowest BCUT2D eigenvalue weighted by Gasteiger charge is -2.26. The minimum absolute atomic E-state index is 0.0634. The molecule has 0 saturated heterocycles. The summed E-state index contributed by atoms with van der Waals surface area (Å²) in [6.07, 6.45) is 4.23. The molecule has 1 amide bonds. The summed E-state index contributed by atoms with van der Waals surface area (Å²) in [5, 5.41) is 0. The van der Waals surface area contributed by atoms with Crippen molar-refractivity contribution >= 4 is 28.9 Å². The van der Waals surface area contributed by atoms with Crippen LogP contribution in [-0.2, 0) is 16.0 Å². The van der Waals surface area contributed by atoms with Crippen LogP contribution in [0, 0.1) is 5.82 Å². The highest BCUT2D eigenvalue weighted by atomic mass is 32.2. The largest absolute Gasteiger partial charge is 0.374 e. The van der Waals surface area contributed by atoms with E-state index in [1.165, 1.54) is 5.56 Å². The van der Waals surface area contributed by atoms with Crippen LogP contribution in [0.3, 0.4) is 0 Å². The van der Waals surface area contributed by atoms with Gasteiger partial charge in [-0.1, -0.05) is 17.8 Å². The number of hydrogen-bond acceptors (Lipinski definition) is 3. The first-order valence-electron chi connectivity index (χ1n) is 9.20. The van der Waals surface area contributed by atoms with Crippen LogP contribution in [0.4, 0.5) is 10.1 Å². The van der Waals surface area contributed by atoms with Crippen LogP contribution in [0.2, 0.25) is 0 Å². The number of nitrogens with zero attached hydrogens (tertiary/aromatic N) is 1. The molecule has 0 saturated carbocycles. The maximum atomic E-state index is 14.2. The summed E-state index contributed by atoms with van der Waals surface area (Å²) in [5.74, 6) is -0.0741. The van der Waals surface area contributed by atoms with E-state index in [4.69, 9.17) is 4.74 Å². The number of ether oxygens (including phenoxy) is 1. The van der Waals surface area contributed by atoms with Gasteiger partial charge in [-0.05, 0) is 72.9 Å². The molecule has 27 heavy (non-hydrogen) atoms. The molecule has 0 bridgehead atoms. The number of anilines is 1. The molecule has 3 nitrogen and oxygen atoms in total. The average molecular weight is 383 g/mol. The first kappa shape index (κ1) is 18.3. The quantitative estimate of drug-likeness (QED) is 0.740. The highest BCUT2D eigenvalue weighted by Gasteiger charge is 2.21. The lowest BCUT2D eigenvalue weighted by atomic mass is 10.00. The van der Waals surface area contributed by atoms with Crippen LogP contribution >= 0.6 is 11.8 Å². The molecule has 2 aliphatic rings. The van der Waals surface area contributed by atoms with Crippen LogP contribution in [-0.4, -0.2) is 25.7 Å². The van der Waals surface area contributed by atoms with Gasteiger partial charge in [-0.15, -0.1) is 0 Å². The van der Waals surface area contributed by atoms with Crippen molar-refractivity contribution in [3.8, 4) is 0 Å². The second-order valence-electron chi connectivity index (χ2n) is 7.04. The Morgan fingerprint density at radius 1 is 1.11 bits per heavy atom. The van der Waals surface area contributed by atoms with Crippen molar-refractivity contribution in [1.29, 1.82) is 0 Å². The Balaban J connectivity index is 1.61. The normalized spacial score (nSPS) is 19.7. The van der Waals surface area contributed by atoms with Gasteiger partial charge in [0.2, 0.25) is 5.91 Å². The van der Waals surface area contributed by atoms with E-state index in [-0.39, 0.29) is 17.8 Å². The highest BCUT2D eigenvalue weighted by molar-refractivity contribution is 7.99. The van der Waals surface area contributed by atoms with Crippen molar-refractivity contribution in [1.82, 2.24) is 0 Å². The summed E-state index contributed by atoms with van der Waals surface area (Å²) >= 11 is 1.55. The Hall–Kier alpha value is -2.11. The molecule has 4 rings (SSSR count). The molecule has 2 aromatic carbocycles. The molecule has 2 heterocycles. The van der Waals surface area contributed by atoms with Crippen LogP contribution in [0.25, 0.3) is 5.57 Å². The number of carbonyl (C=O) groups excluding carboxylic acids is 1. The smallest absolute Gasteiger partial charge is 0.227 e. The van der Waals surface area contributed by atoms with Crippen LogP contribution < -0.4 is 4.90 Å². The average Bonchev–Trinajstić information content (AvgIpc) is 2.64. The fraction of sp³-hybridized carbons (Fsp3) is 0.318. The Morgan fingerprint density at radius 2 is 1.96 bits per heavy atom. The molecule has 0 fully saturated rings. The lowest BCUT2D eigenvalue weighted by molar-refractivity contribution is -0.118. The molecule has 0 N–H and O–H groups in total. The third-order valence-electron chi connectivity index (χ3n) is 5.06. The predicted octanol–water partition coefficient (Wildman–Crippen LogP) is 5.08. The Morgan fingerprint density at radius 3 is 2.78 bits per heavy atom. The van der Waals surface area contributed by atoms with E-state index >= 15 is 0 Å². The number of rotatable bonds is 3. The van der Waals surface area contributed by atoms with E-state index in [2.05, 4.69) is 12.1 Å². The summed E-state index contributed by atoms with van der Waals surface area (Å²) in [4.78, 5) is 15.5. The van der Waals surface area contributed by atoms with E-state index in [0.717, 1.165) is 39.5 Å². The summed E-state index contributed by atoms with van der Waals surface area (Å²) in [6, 6.07) is 11.3. The fourth-order valence-electron chi connectivity index (χ4n) is 3.65. The first-order valence-corrected chi connectivity index (χ1v) is 10.0. The Labute approximate surface area is 163 Å². The van der Waals surface area contributed by atoms with Gasteiger partial charge >= 0.3 is 0 Å². The molecule has 2 aromatic rings. The third kappa shape index (κ3) is 3.94. The summed E-state index contributed by atoms with van der Waals surface area (Å²) in [7, 11) is 1.81. The lowest BCUT2D eigenvalue weighted by Crippen LogP contribution is -2.30. The standard InChI is InChI=1S/C22H22FNO2S/c1-14-9-15(7-8-26-14)17-10-18(23)13-20(12-17)27-19-4-5-21-16(11-19)3-6-22(25)24(21)2/h4-5,9-14H,3,6-8H2,1-2H3/t14-/m0/s1. The number of benzene rings is 2. The zero-order chi connectivity index (χ0) is 19.0. The molecule has 1 atom stereocenters. The zero-order valence-electron chi connectivity index (χ0n) is 15.5. The maximum absolute atomic E-state index is 14.2. The number of halogens is 1. The molecule has 0 spiro atoms. The van der Waals surface area contributed by atoms with Gasteiger partial charge in [0, 0.05) is 28.9 Å². The van der Waals surface area contributed by atoms with Crippen LogP contribution in [0.15, 0.2) is 52.3 Å². The van der Waals surface area contributed by atoms with Crippen molar-refractivity contribution in [2.45, 2.75) is 42.1 Å². The zero-order valence-corrected chi connectivity index (χ0v) is 16.3. The molecule has 0 aliphatic carbocycles. The summed E-state index contributed by atoms with van der Waals surface area (Å²) in [6.45, 7) is 2.67. The monoisotopic (exact) mass is 383 g/mol. The second-order valence-corrected chi connectivity index (χ2v) is 8.19. The van der Waals surface area contributed by atoms with Crippen LogP contribution in [0.5, 0.6) is 0 Å². The maximum Gasteiger partial charge on any atom is 0.227 e. The van der Waals surface area contributed by atoms with E-state index in [0.29, 0.717) is 13.0 Å². The topological polar surface area (TPSA) is 29.5 Å². The first-order chi connectivity index (χ1) is 13.0. The molecule has 5 heteroatoms. The van der Waals surface area contributed by atoms with Crippen molar-refractivity contribution in [3.05, 3.63) is 59.4 Å². The van der Waals surface area contributed by atoms with Gasteiger partial charge in [-0.3, -0.25) is 4.79 Å². The second kappa shape index (κ2) is 7.49. The van der Waals surface area contributed by atoms with E-state index in [1.54, 1.807) is 28.8 Å². The highest BCUT2D eigenvalue weighted by Crippen LogP contribution is 2.36. The van der Waals surface area contributed by atoms with Gasteiger partial charge in [-0.25, -0.2) is 4.39 Å². The van der Waals surface area contributed by atoms with Gasteiger partial charge < -0.3 is 9.64 Å². The Kier molecular flexibility index (Phi) is 5.06. The van der Waals surface area contributed by atoms with Crippen LogP contribution in [0.1, 0.15) is 30.9 Å². The van der Waals surface area contributed by atoms with Gasteiger partial charge in [-0.2, -0.15) is 0 Å². The number of aryl methyl sites for hydroxylation is 1. The van der Waals surface area contributed by atoms with Gasteiger partial charge in [0.1, 0.15) is 5.82 Å². The molecule has 0 unspecified atom stereocenters. The van der Waals surface area contributed by atoms with E-state index in [9.17, 15) is 9.18 Å². The van der Waals surface area contributed by atoms with E-state index in [1.807, 2.05) is 32.2 Å². The number of carbonyl (C=O) groups is 1. The molecule has 0 aromatic heterocycles. The summed E-state index contributed by atoms with van der Waals surface area (Å²) in [5.41, 5.74) is 4.20.